The van der Waals surface area contributed by atoms with Crippen LogP contribution in [-0.4, -0.2) is 6.54 Å². The molecule has 1 aromatic carbocycles. The van der Waals surface area contributed by atoms with Crippen molar-refractivity contribution in [1.29, 1.82) is 5.26 Å². The molecule has 4 heteroatoms. The molecule has 1 aliphatic rings. The fraction of sp³-hybridized carbons (Fsp3) is 0.500. The zero-order chi connectivity index (χ0) is 13.2. The molecule has 0 spiro atoms. The molecule has 1 fully saturated rings. The van der Waals surface area contributed by atoms with E-state index in [1.807, 2.05) is 0 Å². The van der Waals surface area contributed by atoms with E-state index < -0.39 is 11.6 Å². The van der Waals surface area contributed by atoms with Crippen LogP contribution < -0.4 is 5.32 Å². The number of benzene rings is 1. The Morgan fingerprint density at radius 2 is 1.83 bits per heavy atom. The molecular formula is C14H16F2N2. The van der Waals surface area contributed by atoms with Crippen LogP contribution in [0.25, 0.3) is 0 Å². The zero-order valence-corrected chi connectivity index (χ0v) is 10.4. The topological polar surface area (TPSA) is 35.8 Å². The highest BCUT2D eigenvalue weighted by atomic mass is 19.1. The van der Waals surface area contributed by atoms with E-state index in [9.17, 15) is 8.78 Å². The number of anilines is 1. The van der Waals surface area contributed by atoms with Gasteiger partial charge < -0.3 is 5.32 Å². The second-order valence-electron chi connectivity index (χ2n) is 5.30. The minimum Gasteiger partial charge on any atom is -0.380 e. The molecule has 18 heavy (non-hydrogen) atoms. The highest BCUT2D eigenvalue weighted by Crippen LogP contribution is 2.37. The van der Waals surface area contributed by atoms with Crippen LogP contribution in [0.2, 0.25) is 0 Å². The van der Waals surface area contributed by atoms with Gasteiger partial charge in [-0.3, -0.25) is 0 Å². The van der Waals surface area contributed by atoms with E-state index in [1.165, 1.54) is 12.8 Å². The molecular weight excluding hydrogens is 234 g/mol. The van der Waals surface area contributed by atoms with Crippen LogP contribution in [0.5, 0.6) is 0 Å². The van der Waals surface area contributed by atoms with Crippen molar-refractivity contribution in [2.75, 3.05) is 11.9 Å². The van der Waals surface area contributed by atoms with Gasteiger partial charge in [-0.1, -0.05) is 19.8 Å². The first kappa shape index (κ1) is 12.8. The fourth-order valence-electron chi connectivity index (χ4n) is 2.51. The van der Waals surface area contributed by atoms with Gasteiger partial charge in [-0.2, -0.15) is 5.26 Å². The van der Waals surface area contributed by atoms with Crippen molar-refractivity contribution in [3.05, 3.63) is 29.3 Å². The predicted octanol–water partition coefficient (Wildman–Crippen LogP) is 3.83. The molecule has 0 radical (unpaired) electrons. The van der Waals surface area contributed by atoms with Crippen molar-refractivity contribution in [1.82, 2.24) is 0 Å². The molecule has 0 aromatic heterocycles. The summed E-state index contributed by atoms with van der Waals surface area (Å²) in [7, 11) is 0. The Labute approximate surface area is 106 Å². The third-order valence-corrected chi connectivity index (χ3v) is 3.67. The average molecular weight is 250 g/mol. The zero-order valence-electron chi connectivity index (χ0n) is 10.4. The summed E-state index contributed by atoms with van der Waals surface area (Å²) in [5, 5.41) is 11.5. The summed E-state index contributed by atoms with van der Waals surface area (Å²) >= 11 is 0. The number of nitriles is 1. The molecule has 2 nitrogen and oxygen atoms in total. The number of nitrogens with zero attached hydrogens (tertiary/aromatic N) is 1. The van der Waals surface area contributed by atoms with E-state index in [-0.39, 0.29) is 16.7 Å². The van der Waals surface area contributed by atoms with Crippen LogP contribution in [0.4, 0.5) is 14.5 Å². The number of hydrogen-bond donors (Lipinski definition) is 1. The molecule has 0 aliphatic heterocycles. The highest BCUT2D eigenvalue weighted by Gasteiger charge is 2.28. The van der Waals surface area contributed by atoms with Crippen molar-refractivity contribution >= 4 is 5.69 Å². The van der Waals surface area contributed by atoms with Crippen molar-refractivity contribution in [2.45, 2.75) is 32.6 Å². The molecule has 1 N–H and O–H groups in total. The van der Waals surface area contributed by atoms with E-state index in [0.717, 1.165) is 25.0 Å². The first-order valence-corrected chi connectivity index (χ1v) is 6.17. The van der Waals surface area contributed by atoms with Crippen LogP contribution in [0.15, 0.2) is 12.1 Å². The van der Waals surface area contributed by atoms with Crippen LogP contribution in [-0.2, 0) is 0 Å². The van der Waals surface area contributed by atoms with E-state index in [2.05, 4.69) is 12.2 Å². The predicted molar refractivity (Wildman–Crippen MR) is 66.1 cm³/mol. The Balaban J connectivity index is 2.12. The summed E-state index contributed by atoms with van der Waals surface area (Å²) in [5.41, 5.74) is -0.00276. The Morgan fingerprint density at radius 1 is 1.28 bits per heavy atom. The highest BCUT2D eigenvalue weighted by molar-refractivity contribution is 5.50. The molecule has 96 valence electrons. The first-order valence-electron chi connectivity index (χ1n) is 6.17. The standard InChI is InChI=1S/C14H16F2N2/c1-14(4-2-3-5-14)9-18-13-11(15)6-10(8-17)7-12(13)16/h6-7,18H,2-5,9H2,1H3. The molecule has 0 bridgehead atoms. The SMILES string of the molecule is CC1(CNc2c(F)cc(C#N)cc2F)CCCC1. The van der Waals surface area contributed by atoms with Gasteiger partial charge in [0.2, 0.25) is 0 Å². The van der Waals surface area contributed by atoms with Crippen molar-refractivity contribution in [2.24, 2.45) is 5.41 Å². The lowest BCUT2D eigenvalue weighted by Gasteiger charge is -2.24. The van der Waals surface area contributed by atoms with Gasteiger partial charge in [-0.05, 0) is 30.4 Å². The Kier molecular flexibility index (Phi) is 3.51. The molecule has 0 saturated heterocycles. The summed E-state index contributed by atoms with van der Waals surface area (Å²) < 4.78 is 27.3. The molecule has 0 atom stereocenters. The smallest absolute Gasteiger partial charge is 0.150 e. The quantitative estimate of drug-likeness (QED) is 0.885. The van der Waals surface area contributed by atoms with Gasteiger partial charge in [0.05, 0.1) is 11.6 Å². The monoisotopic (exact) mass is 250 g/mol. The lowest BCUT2D eigenvalue weighted by molar-refractivity contribution is 0.360. The van der Waals surface area contributed by atoms with Gasteiger partial charge in [-0.25, -0.2) is 8.78 Å². The van der Waals surface area contributed by atoms with Crippen molar-refractivity contribution < 1.29 is 8.78 Å². The minimum absolute atomic E-state index is 0.00243. The van der Waals surface area contributed by atoms with Crippen LogP contribution in [0.3, 0.4) is 0 Å². The third-order valence-electron chi connectivity index (χ3n) is 3.67. The van der Waals surface area contributed by atoms with Gasteiger partial charge >= 0.3 is 0 Å². The molecule has 0 amide bonds. The lowest BCUT2D eigenvalue weighted by Crippen LogP contribution is -2.23. The summed E-state index contributed by atoms with van der Waals surface area (Å²) in [6, 6.07) is 3.85. The van der Waals surface area contributed by atoms with E-state index in [1.54, 1.807) is 6.07 Å². The normalized spacial score (nSPS) is 17.4. The molecule has 0 heterocycles. The minimum atomic E-state index is -0.701. The van der Waals surface area contributed by atoms with Gasteiger partial charge in [0.25, 0.3) is 0 Å². The Bertz CT molecular complexity index is 462. The summed E-state index contributed by atoms with van der Waals surface area (Å²) in [4.78, 5) is 0. The van der Waals surface area contributed by atoms with Crippen molar-refractivity contribution in [3.8, 4) is 6.07 Å². The van der Waals surface area contributed by atoms with Gasteiger partial charge in [0.1, 0.15) is 5.69 Å². The maximum absolute atomic E-state index is 13.6. The van der Waals surface area contributed by atoms with E-state index in [0.29, 0.717) is 6.54 Å². The summed E-state index contributed by atoms with van der Waals surface area (Å²) in [6.07, 6.45) is 4.52. The van der Waals surface area contributed by atoms with Crippen LogP contribution >= 0.6 is 0 Å². The number of halogens is 2. The summed E-state index contributed by atoms with van der Waals surface area (Å²) in [6.45, 7) is 2.69. The fourth-order valence-corrected chi connectivity index (χ4v) is 2.51. The molecule has 1 aliphatic carbocycles. The van der Waals surface area contributed by atoms with E-state index in [4.69, 9.17) is 5.26 Å². The second kappa shape index (κ2) is 4.93. The third kappa shape index (κ3) is 2.61. The largest absolute Gasteiger partial charge is 0.380 e. The van der Waals surface area contributed by atoms with Gasteiger partial charge in [0, 0.05) is 6.54 Å². The molecule has 1 aromatic rings. The molecule has 2 rings (SSSR count). The number of hydrogen-bond acceptors (Lipinski definition) is 2. The lowest BCUT2D eigenvalue weighted by atomic mass is 9.89. The first-order chi connectivity index (χ1) is 8.54. The molecule has 1 saturated carbocycles. The Hall–Kier alpha value is -1.63. The van der Waals surface area contributed by atoms with Crippen LogP contribution in [0.1, 0.15) is 38.2 Å². The van der Waals surface area contributed by atoms with Crippen LogP contribution in [0, 0.1) is 28.4 Å². The van der Waals surface area contributed by atoms with Gasteiger partial charge in [0.15, 0.2) is 11.6 Å². The van der Waals surface area contributed by atoms with Gasteiger partial charge in [-0.15, -0.1) is 0 Å². The number of nitrogens with one attached hydrogen (secondary N) is 1. The molecule has 0 unspecified atom stereocenters. The van der Waals surface area contributed by atoms with E-state index >= 15 is 0 Å². The Morgan fingerprint density at radius 3 is 2.33 bits per heavy atom. The maximum atomic E-state index is 13.6. The second-order valence-corrected chi connectivity index (χ2v) is 5.30. The average Bonchev–Trinajstić information content (AvgIpc) is 2.75. The number of rotatable bonds is 3. The van der Waals surface area contributed by atoms with Crippen molar-refractivity contribution in [3.63, 3.8) is 0 Å². The maximum Gasteiger partial charge on any atom is 0.150 e. The summed E-state index contributed by atoms with van der Waals surface area (Å²) in [5.74, 6) is -1.40.